The highest BCUT2D eigenvalue weighted by atomic mass is 16.5. The quantitative estimate of drug-likeness (QED) is 0.402. The third-order valence-corrected chi connectivity index (χ3v) is 7.14. The second kappa shape index (κ2) is 12.4. The minimum absolute atomic E-state index is 0.0513. The molecular formula is C31H36N2O3. The highest BCUT2D eigenvalue weighted by Crippen LogP contribution is 2.30. The molecule has 1 atom stereocenters. The second-order valence-corrected chi connectivity index (χ2v) is 9.62. The molecule has 1 saturated carbocycles. The highest BCUT2D eigenvalue weighted by Gasteiger charge is 2.30. The minimum Gasteiger partial charge on any atom is -0.497 e. The lowest BCUT2D eigenvalue weighted by Gasteiger charge is -2.31. The average molecular weight is 485 g/mol. The third kappa shape index (κ3) is 6.54. The molecule has 1 fully saturated rings. The number of carbonyl (C=O) groups excluding carboxylic acids is 2. The van der Waals surface area contributed by atoms with Crippen molar-refractivity contribution in [1.29, 1.82) is 0 Å². The Morgan fingerprint density at radius 2 is 1.53 bits per heavy atom. The molecular weight excluding hydrogens is 448 g/mol. The van der Waals surface area contributed by atoms with Crippen LogP contribution in [0.4, 0.5) is 0 Å². The number of amides is 2. The van der Waals surface area contributed by atoms with E-state index in [2.05, 4.69) is 29.6 Å². The molecule has 5 nitrogen and oxygen atoms in total. The predicted octanol–water partition coefficient (Wildman–Crippen LogP) is 5.69. The van der Waals surface area contributed by atoms with E-state index < -0.39 is 6.04 Å². The van der Waals surface area contributed by atoms with Crippen molar-refractivity contribution in [2.24, 2.45) is 0 Å². The summed E-state index contributed by atoms with van der Waals surface area (Å²) in [7, 11) is 1.63. The van der Waals surface area contributed by atoms with Gasteiger partial charge in [0.15, 0.2) is 0 Å². The zero-order valence-electron chi connectivity index (χ0n) is 21.2. The molecule has 0 aliphatic heterocycles. The summed E-state index contributed by atoms with van der Waals surface area (Å²) in [6.45, 7) is 2.17. The lowest BCUT2D eigenvalue weighted by atomic mass is 9.88. The van der Waals surface area contributed by atoms with E-state index in [-0.39, 0.29) is 30.2 Å². The first-order valence-electron chi connectivity index (χ1n) is 12.9. The molecule has 0 unspecified atom stereocenters. The smallest absolute Gasteiger partial charge is 0.242 e. The zero-order chi connectivity index (χ0) is 25.3. The van der Waals surface area contributed by atoms with Crippen LogP contribution in [0.3, 0.4) is 0 Å². The maximum absolute atomic E-state index is 14.0. The van der Waals surface area contributed by atoms with Gasteiger partial charge in [0, 0.05) is 24.9 Å². The van der Waals surface area contributed by atoms with Crippen molar-refractivity contribution in [3.05, 3.63) is 102 Å². The molecule has 188 valence electrons. The van der Waals surface area contributed by atoms with E-state index in [9.17, 15) is 9.59 Å². The molecule has 5 heteroatoms. The van der Waals surface area contributed by atoms with Gasteiger partial charge in [-0.15, -0.1) is 0 Å². The van der Waals surface area contributed by atoms with Gasteiger partial charge in [-0.1, -0.05) is 85.6 Å². The first-order chi connectivity index (χ1) is 17.5. The summed E-state index contributed by atoms with van der Waals surface area (Å²) in [6.07, 6.45) is 4.57. The van der Waals surface area contributed by atoms with Crippen molar-refractivity contribution < 1.29 is 14.3 Å². The van der Waals surface area contributed by atoms with Crippen LogP contribution in [0.5, 0.6) is 5.75 Å². The van der Waals surface area contributed by atoms with E-state index in [0.717, 1.165) is 48.1 Å². The van der Waals surface area contributed by atoms with Crippen LogP contribution in [0, 0.1) is 0 Å². The Morgan fingerprint density at radius 3 is 2.11 bits per heavy atom. The SMILES string of the molecule is COc1cccc(CN(C(=O)CC(c2ccccc2)c2ccccc2)[C@H](C)C(=O)NC2CCCC2)c1. The van der Waals surface area contributed by atoms with Gasteiger partial charge in [-0.25, -0.2) is 0 Å². The van der Waals surface area contributed by atoms with E-state index in [1.54, 1.807) is 12.0 Å². The molecule has 0 radical (unpaired) electrons. The van der Waals surface area contributed by atoms with Gasteiger partial charge in [0.1, 0.15) is 11.8 Å². The zero-order valence-corrected chi connectivity index (χ0v) is 21.2. The number of ether oxygens (including phenoxy) is 1. The maximum atomic E-state index is 14.0. The van der Waals surface area contributed by atoms with Gasteiger partial charge in [-0.3, -0.25) is 9.59 Å². The summed E-state index contributed by atoms with van der Waals surface area (Å²) in [6, 6.07) is 27.5. The summed E-state index contributed by atoms with van der Waals surface area (Å²) < 4.78 is 5.39. The number of hydrogen-bond acceptors (Lipinski definition) is 3. The largest absolute Gasteiger partial charge is 0.497 e. The molecule has 3 aromatic rings. The average Bonchev–Trinajstić information content (AvgIpc) is 3.44. The first-order valence-corrected chi connectivity index (χ1v) is 12.9. The van der Waals surface area contributed by atoms with Gasteiger partial charge in [0.25, 0.3) is 0 Å². The minimum atomic E-state index is -0.587. The normalized spacial score (nSPS) is 14.4. The van der Waals surface area contributed by atoms with E-state index in [1.165, 1.54) is 0 Å². The number of nitrogens with zero attached hydrogens (tertiary/aromatic N) is 1. The van der Waals surface area contributed by atoms with Gasteiger partial charge >= 0.3 is 0 Å². The first kappa shape index (κ1) is 25.5. The van der Waals surface area contributed by atoms with Gasteiger partial charge in [-0.2, -0.15) is 0 Å². The molecule has 1 aliphatic rings. The van der Waals surface area contributed by atoms with Crippen molar-refractivity contribution in [2.75, 3.05) is 7.11 Å². The third-order valence-electron chi connectivity index (χ3n) is 7.14. The van der Waals surface area contributed by atoms with E-state index in [1.807, 2.05) is 67.6 Å². The topological polar surface area (TPSA) is 58.6 Å². The molecule has 0 bridgehead atoms. The van der Waals surface area contributed by atoms with E-state index in [4.69, 9.17) is 4.74 Å². The van der Waals surface area contributed by atoms with Gasteiger partial charge < -0.3 is 15.0 Å². The molecule has 3 aromatic carbocycles. The van der Waals surface area contributed by atoms with Gasteiger partial charge in [0.2, 0.25) is 11.8 Å². The Morgan fingerprint density at radius 1 is 0.917 bits per heavy atom. The Kier molecular flexibility index (Phi) is 8.77. The number of rotatable bonds is 10. The van der Waals surface area contributed by atoms with Crippen LogP contribution in [0.15, 0.2) is 84.9 Å². The fourth-order valence-corrected chi connectivity index (χ4v) is 5.03. The summed E-state index contributed by atoms with van der Waals surface area (Å²) in [5.41, 5.74) is 3.10. The Labute approximate surface area is 214 Å². The molecule has 1 N–H and O–H groups in total. The highest BCUT2D eigenvalue weighted by molar-refractivity contribution is 5.88. The standard InChI is InChI=1S/C31H36N2O3/c1-23(31(35)32-27-17-9-10-18-27)33(22-24-12-11-19-28(20-24)36-2)30(34)21-29(25-13-5-3-6-14-25)26-15-7-4-8-16-26/h3-8,11-16,19-20,23,27,29H,9-10,17-18,21-22H2,1-2H3,(H,32,35)/t23-/m1/s1. The van der Waals surface area contributed by atoms with Crippen molar-refractivity contribution in [2.45, 2.75) is 63.6 Å². The van der Waals surface area contributed by atoms with Gasteiger partial charge in [-0.05, 0) is 48.6 Å². The summed E-state index contributed by atoms with van der Waals surface area (Å²) in [5.74, 6) is 0.492. The number of methoxy groups -OCH3 is 1. The molecule has 1 aliphatic carbocycles. The van der Waals surface area contributed by atoms with Crippen molar-refractivity contribution in [3.8, 4) is 5.75 Å². The molecule has 0 aromatic heterocycles. The van der Waals surface area contributed by atoms with Crippen LogP contribution >= 0.6 is 0 Å². The molecule has 4 rings (SSSR count). The molecule has 0 spiro atoms. The van der Waals surface area contributed by atoms with E-state index >= 15 is 0 Å². The van der Waals surface area contributed by atoms with Crippen molar-refractivity contribution in [3.63, 3.8) is 0 Å². The fourth-order valence-electron chi connectivity index (χ4n) is 5.03. The maximum Gasteiger partial charge on any atom is 0.242 e. The van der Waals surface area contributed by atoms with Crippen LogP contribution in [-0.4, -0.2) is 35.9 Å². The van der Waals surface area contributed by atoms with Gasteiger partial charge in [0.05, 0.1) is 7.11 Å². The molecule has 0 heterocycles. The summed E-state index contributed by atoms with van der Waals surface area (Å²) >= 11 is 0. The van der Waals surface area contributed by atoms with E-state index in [0.29, 0.717) is 6.54 Å². The lowest BCUT2D eigenvalue weighted by molar-refractivity contribution is -0.141. The Hall–Kier alpha value is -3.60. The molecule has 36 heavy (non-hydrogen) atoms. The summed E-state index contributed by atoms with van der Waals surface area (Å²) in [4.78, 5) is 28.9. The molecule has 2 amide bonds. The monoisotopic (exact) mass is 484 g/mol. The Balaban J connectivity index is 1.60. The fraction of sp³-hybridized carbons (Fsp3) is 0.355. The number of benzene rings is 3. The van der Waals surface area contributed by atoms with Crippen LogP contribution in [0.25, 0.3) is 0 Å². The molecule has 0 saturated heterocycles. The van der Waals surface area contributed by atoms with Crippen molar-refractivity contribution >= 4 is 11.8 Å². The Bertz CT molecular complexity index is 1090. The lowest BCUT2D eigenvalue weighted by Crippen LogP contribution is -2.49. The second-order valence-electron chi connectivity index (χ2n) is 9.62. The van der Waals surface area contributed by atoms with Crippen LogP contribution in [-0.2, 0) is 16.1 Å². The predicted molar refractivity (Wildman–Crippen MR) is 143 cm³/mol. The number of carbonyl (C=O) groups is 2. The van der Waals surface area contributed by atoms with Crippen LogP contribution in [0.2, 0.25) is 0 Å². The number of nitrogens with one attached hydrogen (secondary N) is 1. The number of hydrogen-bond donors (Lipinski definition) is 1. The van der Waals surface area contributed by atoms with Crippen molar-refractivity contribution in [1.82, 2.24) is 10.2 Å². The summed E-state index contributed by atoms with van der Waals surface area (Å²) in [5, 5.41) is 3.18. The van der Waals surface area contributed by atoms with Crippen LogP contribution < -0.4 is 10.1 Å². The van der Waals surface area contributed by atoms with Crippen LogP contribution in [0.1, 0.15) is 61.6 Å².